The maximum Gasteiger partial charge on any atom is 0.229 e. The van der Waals surface area contributed by atoms with Gasteiger partial charge < -0.3 is 14.6 Å². The minimum Gasteiger partial charge on any atom is -0.370 e. The summed E-state index contributed by atoms with van der Waals surface area (Å²) < 4.78 is 11.3. The molecule has 21 heavy (non-hydrogen) atoms. The van der Waals surface area contributed by atoms with E-state index in [9.17, 15) is 0 Å². The van der Waals surface area contributed by atoms with Crippen molar-refractivity contribution < 1.29 is 9.26 Å². The number of aromatic nitrogens is 2. The Bertz CT molecular complexity index is 411. The average molecular weight is 295 g/mol. The van der Waals surface area contributed by atoms with Crippen LogP contribution in [-0.2, 0) is 4.74 Å². The molecule has 1 fully saturated rings. The van der Waals surface area contributed by atoms with Crippen LogP contribution in [0.1, 0.15) is 77.1 Å². The Morgan fingerprint density at radius 2 is 1.95 bits per heavy atom. The van der Waals surface area contributed by atoms with Gasteiger partial charge in [-0.05, 0) is 45.1 Å². The minimum absolute atomic E-state index is 0.0643. The van der Waals surface area contributed by atoms with Crippen molar-refractivity contribution >= 4 is 0 Å². The fourth-order valence-electron chi connectivity index (χ4n) is 3.11. The standard InChI is InChI=1S/C16H29N3O2/c1-5-17-13-9-7-12(8-10-13)16-18-15(19-21-16)14(11(3)4)20-6-2/h11-14,17H,5-10H2,1-4H3. The highest BCUT2D eigenvalue weighted by atomic mass is 16.5. The van der Waals surface area contributed by atoms with E-state index in [0.29, 0.717) is 30.3 Å². The van der Waals surface area contributed by atoms with Crippen molar-refractivity contribution in [3.63, 3.8) is 0 Å². The number of nitrogens with zero attached hydrogens (tertiary/aromatic N) is 2. The monoisotopic (exact) mass is 295 g/mol. The topological polar surface area (TPSA) is 60.2 Å². The van der Waals surface area contributed by atoms with E-state index in [2.05, 4.69) is 36.2 Å². The Hall–Kier alpha value is -0.940. The van der Waals surface area contributed by atoms with Crippen LogP contribution < -0.4 is 5.32 Å². The van der Waals surface area contributed by atoms with Gasteiger partial charge in [-0.15, -0.1) is 0 Å². The molecular weight excluding hydrogens is 266 g/mol. The molecule has 0 saturated heterocycles. The van der Waals surface area contributed by atoms with Crippen molar-refractivity contribution in [2.75, 3.05) is 13.2 Å². The Kier molecular flexibility index (Phi) is 6.18. The Morgan fingerprint density at radius 3 is 2.52 bits per heavy atom. The molecular formula is C16H29N3O2. The molecule has 120 valence electrons. The summed E-state index contributed by atoms with van der Waals surface area (Å²) >= 11 is 0. The van der Waals surface area contributed by atoms with Crippen molar-refractivity contribution in [3.8, 4) is 0 Å². The summed E-state index contributed by atoms with van der Waals surface area (Å²) in [5.74, 6) is 2.26. The normalized spacial score (nSPS) is 24.4. The van der Waals surface area contributed by atoms with Crippen LogP contribution in [0.4, 0.5) is 0 Å². The van der Waals surface area contributed by atoms with Crippen molar-refractivity contribution in [3.05, 3.63) is 11.7 Å². The first-order chi connectivity index (χ1) is 10.2. The van der Waals surface area contributed by atoms with E-state index in [0.717, 1.165) is 25.3 Å². The highest BCUT2D eigenvalue weighted by molar-refractivity contribution is 4.99. The lowest BCUT2D eigenvalue weighted by molar-refractivity contribution is 0.0217. The smallest absolute Gasteiger partial charge is 0.229 e. The van der Waals surface area contributed by atoms with Gasteiger partial charge >= 0.3 is 0 Å². The van der Waals surface area contributed by atoms with Gasteiger partial charge in [0.1, 0.15) is 6.10 Å². The lowest BCUT2D eigenvalue weighted by Gasteiger charge is -2.26. The van der Waals surface area contributed by atoms with Crippen LogP contribution in [0.2, 0.25) is 0 Å². The summed E-state index contributed by atoms with van der Waals surface area (Å²) in [6.07, 6.45) is 4.57. The second-order valence-electron chi connectivity index (χ2n) is 6.22. The zero-order valence-corrected chi connectivity index (χ0v) is 13.8. The molecule has 0 bridgehead atoms. The van der Waals surface area contributed by atoms with E-state index in [1.807, 2.05) is 6.92 Å². The third-order valence-electron chi connectivity index (χ3n) is 4.23. The maximum absolute atomic E-state index is 5.74. The molecule has 0 spiro atoms. The Labute approximate surface area is 127 Å². The van der Waals surface area contributed by atoms with Gasteiger partial charge in [-0.2, -0.15) is 4.98 Å². The second-order valence-corrected chi connectivity index (χ2v) is 6.22. The summed E-state index contributed by atoms with van der Waals surface area (Å²) in [6.45, 7) is 10.1. The van der Waals surface area contributed by atoms with Gasteiger partial charge in [-0.1, -0.05) is 25.9 Å². The summed E-state index contributed by atoms with van der Waals surface area (Å²) in [6, 6.07) is 0.653. The minimum atomic E-state index is -0.0643. The molecule has 1 unspecified atom stereocenters. The molecule has 0 radical (unpaired) electrons. The van der Waals surface area contributed by atoms with Crippen LogP contribution in [0.25, 0.3) is 0 Å². The molecule has 1 atom stereocenters. The molecule has 5 nitrogen and oxygen atoms in total. The van der Waals surface area contributed by atoms with Gasteiger partial charge in [0.05, 0.1) is 0 Å². The number of ether oxygens (including phenoxy) is 1. The fraction of sp³-hybridized carbons (Fsp3) is 0.875. The number of hydrogen-bond donors (Lipinski definition) is 1. The first-order valence-corrected chi connectivity index (χ1v) is 8.34. The van der Waals surface area contributed by atoms with Gasteiger partial charge in [0.25, 0.3) is 0 Å². The van der Waals surface area contributed by atoms with Gasteiger partial charge in [0.2, 0.25) is 11.7 Å². The fourth-order valence-corrected chi connectivity index (χ4v) is 3.11. The van der Waals surface area contributed by atoms with Crippen molar-refractivity contribution in [1.82, 2.24) is 15.5 Å². The lowest BCUT2D eigenvalue weighted by Crippen LogP contribution is -2.32. The van der Waals surface area contributed by atoms with Crippen LogP contribution in [0.5, 0.6) is 0 Å². The lowest BCUT2D eigenvalue weighted by atomic mass is 9.86. The Morgan fingerprint density at radius 1 is 1.24 bits per heavy atom. The van der Waals surface area contributed by atoms with E-state index in [1.165, 1.54) is 12.8 Å². The molecule has 0 aliphatic heterocycles. The maximum atomic E-state index is 5.74. The first-order valence-electron chi connectivity index (χ1n) is 8.34. The third kappa shape index (κ3) is 4.27. The van der Waals surface area contributed by atoms with E-state index < -0.39 is 0 Å². The van der Waals surface area contributed by atoms with E-state index in [1.54, 1.807) is 0 Å². The molecule has 1 N–H and O–H groups in total. The predicted octanol–water partition coefficient (Wildman–Crippen LogP) is 3.44. The predicted molar refractivity (Wildman–Crippen MR) is 82.2 cm³/mol. The summed E-state index contributed by atoms with van der Waals surface area (Å²) in [4.78, 5) is 4.62. The highest BCUT2D eigenvalue weighted by Gasteiger charge is 2.28. The van der Waals surface area contributed by atoms with Crippen LogP contribution in [0.3, 0.4) is 0 Å². The van der Waals surface area contributed by atoms with Crippen LogP contribution >= 0.6 is 0 Å². The van der Waals surface area contributed by atoms with E-state index in [4.69, 9.17) is 9.26 Å². The Balaban J connectivity index is 1.97. The van der Waals surface area contributed by atoms with Crippen molar-refractivity contribution in [2.45, 2.75) is 71.4 Å². The number of hydrogen-bond acceptors (Lipinski definition) is 5. The SMILES string of the molecule is CCNC1CCC(c2nc(C(OCC)C(C)C)no2)CC1. The second kappa shape index (κ2) is 7.90. The quantitative estimate of drug-likeness (QED) is 0.835. The van der Waals surface area contributed by atoms with Crippen molar-refractivity contribution in [1.29, 1.82) is 0 Å². The number of rotatable bonds is 7. The molecule has 1 heterocycles. The van der Waals surface area contributed by atoms with Gasteiger partial charge in [-0.25, -0.2) is 0 Å². The molecule has 1 aromatic rings. The molecule has 1 aliphatic rings. The van der Waals surface area contributed by atoms with Crippen LogP contribution in [0, 0.1) is 5.92 Å². The van der Waals surface area contributed by atoms with Gasteiger partial charge in [0.15, 0.2) is 0 Å². The molecule has 1 aromatic heterocycles. The molecule has 0 amide bonds. The largest absolute Gasteiger partial charge is 0.370 e. The summed E-state index contributed by atoms with van der Waals surface area (Å²) in [5.41, 5.74) is 0. The zero-order valence-electron chi connectivity index (χ0n) is 13.8. The van der Waals surface area contributed by atoms with Crippen LogP contribution in [-0.4, -0.2) is 29.3 Å². The highest BCUT2D eigenvalue weighted by Crippen LogP contribution is 2.33. The molecule has 2 rings (SSSR count). The van der Waals surface area contributed by atoms with Crippen LogP contribution in [0.15, 0.2) is 4.52 Å². The molecule has 5 heteroatoms. The molecule has 1 saturated carbocycles. The third-order valence-corrected chi connectivity index (χ3v) is 4.23. The van der Waals surface area contributed by atoms with E-state index in [-0.39, 0.29) is 6.10 Å². The summed E-state index contributed by atoms with van der Waals surface area (Å²) in [7, 11) is 0. The summed E-state index contributed by atoms with van der Waals surface area (Å²) in [5, 5.41) is 7.69. The average Bonchev–Trinajstić information content (AvgIpc) is 2.95. The zero-order chi connectivity index (χ0) is 15.2. The number of nitrogens with one attached hydrogen (secondary N) is 1. The van der Waals surface area contributed by atoms with Crippen molar-refractivity contribution in [2.24, 2.45) is 5.92 Å². The molecule has 1 aliphatic carbocycles. The van der Waals surface area contributed by atoms with Gasteiger partial charge in [0, 0.05) is 18.6 Å². The molecule has 0 aromatic carbocycles. The van der Waals surface area contributed by atoms with E-state index >= 15 is 0 Å². The first kappa shape index (κ1) is 16.4. The van der Waals surface area contributed by atoms with Gasteiger partial charge in [-0.3, -0.25) is 0 Å².